The van der Waals surface area contributed by atoms with Crippen LogP contribution < -0.4 is 35.3 Å². The van der Waals surface area contributed by atoms with Crippen LogP contribution in [0.3, 0.4) is 0 Å². The van der Waals surface area contributed by atoms with Crippen molar-refractivity contribution < 1.29 is 62.8 Å². The number of carbonyl (C=O) groups excluding carboxylic acids is 2. The highest BCUT2D eigenvalue weighted by Gasteiger charge is 2.28. The van der Waals surface area contributed by atoms with Crippen molar-refractivity contribution in [1.29, 1.82) is 0 Å². The standard InChI is InChI=1S/C59H74N8O14S3/c1-6-65(7-2)46-17-22-50-54(39-46)81-55-40-47(66(8-3)9-4)18-23-51(55)59(50)52-24-21-49(41-56(52)84(74,75)76)83(72,73)63-29-31-78-33-35-80-37-36-79-34-32-77-30-26-58(69)62-28-27-61-57(68)25-14-44-38-53(43-12-10-42(5)11-13-43)67(64-44)45-15-19-48(20-16-45)82(60,70)71/h10-13,15-24,38-41,63H,6-9,14,25-37H2,1-5H3,(H4-,60,61,62,68,69,70,71,74,75,76)/p+1. The smallest absolute Gasteiger partial charge is 0.295 e. The Morgan fingerprint density at radius 2 is 1.26 bits per heavy atom. The number of anilines is 1. The van der Waals surface area contributed by atoms with Gasteiger partial charge in [-0.05, 0) is 95.3 Å². The molecule has 1 aliphatic carbocycles. The molecule has 2 amide bonds. The zero-order valence-corrected chi connectivity index (χ0v) is 50.4. The Bertz CT molecular complexity index is 3750. The quantitative estimate of drug-likeness (QED) is 0.0147. The summed E-state index contributed by atoms with van der Waals surface area (Å²) in [5.74, 6) is 0.0412. The minimum Gasteiger partial charge on any atom is -0.456 e. The maximum absolute atomic E-state index is 13.5. The topological polar surface area (TPSA) is 293 Å². The van der Waals surface area contributed by atoms with Crippen LogP contribution in [0, 0.1) is 6.92 Å². The zero-order chi connectivity index (χ0) is 60.4. The molecule has 2 heterocycles. The van der Waals surface area contributed by atoms with Crippen molar-refractivity contribution in [3.63, 3.8) is 0 Å². The van der Waals surface area contributed by atoms with E-state index in [1.807, 2.05) is 101 Å². The van der Waals surface area contributed by atoms with E-state index < -0.39 is 35.1 Å². The van der Waals surface area contributed by atoms with Gasteiger partial charge in [0.15, 0.2) is 0 Å². The lowest BCUT2D eigenvalue weighted by atomic mass is 9.93. The fraction of sp³-hybridized carbons (Fsp3) is 0.390. The van der Waals surface area contributed by atoms with Gasteiger partial charge < -0.3 is 38.9 Å². The Kier molecular flexibility index (Phi) is 23.3. The van der Waals surface area contributed by atoms with E-state index in [-0.39, 0.29) is 112 Å². The van der Waals surface area contributed by atoms with Gasteiger partial charge in [0.05, 0.1) is 85.8 Å². The predicted molar refractivity (Wildman–Crippen MR) is 321 cm³/mol. The normalized spacial score (nSPS) is 12.0. The molecule has 5 aromatic rings. The minimum absolute atomic E-state index is 0.00829. The van der Waals surface area contributed by atoms with Crippen molar-refractivity contribution in [3.05, 3.63) is 126 Å². The van der Waals surface area contributed by atoms with Crippen molar-refractivity contribution in [2.24, 2.45) is 5.14 Å². The van der Waals surface area contributed by atoms with E-state index in [0.29, 0.717) is 45.7 Å². The fourth-order valence-electron chi connectivity index (χ4n) is 9.35. The summed E-state index contributed by atoms with van der Waals surface area (Å²) in [6.45, 7) is 15.1. The second-order valence-electron chi connectivity index (χ2n) is 19.5. The van der Waals surface area contributed by atoms with Gasteiger partial charge in [0.1, 0.15) is 29.3 Å². The van der Waals surface area contributed by atoms with E-state index >= 15 is 0 Å². The SMILES string of the molecule is CCN(CC)c1ccc2c(-c3ccc(S(=O)(=O)NCCOCCOCCOCCOCCC(=O)NCCNC(=O)CCc4cc(-c5ccc(C)cc5)n(-c5ccc(S(N)(=O)=O)cc5)n4)cc3S(=O)(=O)O)c3ccc(=[N+](CC)CC)cc-3oc2c1. The number of hydrogen-bond donors (Lipinski definition) is 5. The first-order valence-electron chi connectivity index (χ1n) is 27.8. The molecular formula is C59H75N8O14S3+. The van der Waals surface area contributed by atoms with Crippen LogP contribution in [0.5, 0.6) is 0 Å². The molecule has 22 nitrogen and oxygen atoms in total. The van der Waals surface area contributed by atoms with E-state index in [1.54, 1.807) is 16.8 Å². The van der Waals surface area contributed by atoms with Crippen molar-refractivity contribution in [1.82, 2.24) is 29.7 Å². The number of fused-ring (bicyclic) bond motifs is 2. The van der Waals surface area contributed by atoms with E-state index in [0.717, 1.165) is 60.1 Å². The van der Waals surface area contributed by atoms with Crippen LogP contribution in [0.15, 0.2) is 128 Å². The molecule has 1 aliphatic heterocycles. The Balaban J connectivity index is 0.765. The molecule has 452 valence electrons. The molecule has 0 saturated carbocycles. The molecular weight excluding hydrogens is 1140 g/mol. The maximum atomic E-state index is 13.5. The molecule has 0 atom stereocenters. The van der Waals surface area contributed by atoms with Gasteiger partial charge in [0.2, 0.25) is 37.2 Å². The molecule has 0 saturated heterocycles. The summed E-state index contributed by atoms with van der Waals surface area (Å²) in [6, 6.07) is 30.9. The number of nitrogens with zero attached hydrogens (tertiary/aromatic N) is 4. The Morgan fingerprint density at radius 3 is 1.87 bits per heavy atom. The second-order valence-corrected chi connectivity index (χ2v) is 24.2. The van der Waals surface area contributed by atoms with Crippen LogP contribution in [0.4, 0.5) is 5.69 Å². The van der Waals surface area contributed by atoms with Crippen molar-refractivity contribution in [2.45, 2.75) is 68.6 Å². The van der Waals surface area contributed by atoms with Crippen molar-refractivity contribution >= 4 is 58.6 Å². The van der Waals surface area contributed by atoms with Crippen LogP contribution in [0.2, 0.25) is 0 Å². The Hall–Kier alpha value is -6.91. The third-order valence-electron chi connectivity index (χ3n) is 13.8. The summed E-state index contributed by atoms with van der Waals surface area (Å²) in [5.41, 5.74) is 6.58. The molecule has 0 fully saturated rings. The highest BCUT2D eigenvalue weighted by atomic mass is 32.2. The van der Waals surface area contributed by atoms with Crippen molar-refractivity contribution in [2.75, 3.05) is 104 Å². The number of aryl methyl sites for hydroxylation is 2. The lowest BCUT2D eigenvalue weighted by Gasteiger charge is -2.22. The first kappa shape index (κ1) is 64.6. The molecule has 6 N–H and O–H groups in total. The van der Waals surface area contributed by atoms with Gasteiger partial charge in [-0.2, -0.15) is 13.5 Å². The Labute approximate surface area is 491 Å². The van der Waals surface area contributed by atoms with Crippen LogP contribution in [0.25, 0.3) is 50.4 Å². The van der Waals surface area contributed by atoms with Crippen LogP contribution in [-0.4, -0.2) is 150 Å². The molecule has 84 heavy (non-hydrogen) atoms. The third-order valence-corrected chi connectivity index (χ3v) is 17.1. The van der Waals surface area contributed by atoms with Crippen LogP contribution >= 0.6 is 0 Å². The minimum atomic E-state index is -4.96. The number of hydrogen-bond acceptors (Lipinski definition) is 15. The Morgan fingerprint density at radius 1 is 0.667 bits per heavy atom. The van der Waals surface area contributed by atoms with Crippen LogP contribution in [-0.2, 0) is 65.1 Å². The fourth-order valence-corrected chi connectivity index (χ4v) is 11.7. The number of rotatable bonds is 33. The summed E-state index contributed by atoms with van der Waals surface area (Å²) < 4.78 is 122. The molecule has 0 unspecified atom stereocenters. The monoisotopic (exact) mass is 1220 g/mol. The zero-order valence-electron chi connectivity index (χ0n) is 48.0. The van der Waals surface area contributed by atoms with E-state index in [2.05, 4.69) is 24.8 Å². The lowest BCUT2D eigenvalue weighted by Crippen LogP contribution is -2.35. The number of sulfonamides is 2. The van der Waals surface area contributed by atoms with Gasteiger partial charge in [0, 0.05) is 97.4 Å². The number of carbonyl (C=O) groups is 2. The largest absolute Gasteiger partial charge is 0.456 e. The van der Waals surface area contributed by atoms with E-state index in [1.165, 1.54) is 24.3 Å². The molecule has 25 heteroatoms. The number of ether oxygens (including phenoxy) is 4. The second kappa shape index (κ2) is 30.3. The van der Waals surface area contributed by atoms with Gasteiger partial charge in [-0.1, -0.05) is 35.9 Å². The molecule has 1 aromatic heterocycles. The summed E-state index contributed by atoms with van der Waals surface area (Å²) in [5, 5.41) is 17.0. The molecule has 0 radical (unpaired) electrons. The summed E-state index contributed by atoms with van der Waals surface area (Å²) >= 11 is 0. The van der Waals surface area contributed by atoms with E-state index in [9.17, 15) is 39.4 Å². The van der Waals surface area contributed by atoms with Gasteiger partial charge in [-0.15, -0.1) is 0 Å². The number of nitrogens with two attached hydrogens (primary N) is 1. The van der Waals surface area contributed by atoms with E-state index in [4.69, 9.17) is 33.6 Å². The van der Waals surface area contributed by atoms with Crippen LogP contribution in [0.1, 0.15) is 51.8 Å². The number of nitrogens with one attached hydrogen (secondary N) is 3. The number of primary sulfonamides is 1. The summed E-state index contributed by atoms with van der Waals surface area (Å²) in [6.07, 6.45) is 0.621. The molecule has 7 rings (SSSR count). The lowest BCUT2D eigenvalue weighted by molar-refractivity contribution is -0.123. The van der Waals surface area contributed by atoms with Gasteiger partial charge in [0.25, 0.3) is 10.1 Å². The summed E-state index contributed by atoms with van der Waals surface area (Å²) in [7, 11) is -13.1. The average Bonchev–Trinajstić information content (AvgIpc) is 1.28. The predicted octanol–water partition coefficient (Wildman–Crippen LogP) is 5.52. The third kappa shape index (κ3) is 17.6. The molecule has 0 spiro atoms. The highest BCUT2D eigenvalue weighted by Crippen LogP contribution is 2.43. The first-order valence-corrected chi connectivity index (χ1v) is 32.3. The highest BCUT2D eigenvalue weighted by molar-refractivity contribution is 7.89. The molecule has 0 bridgehead atoms. The first-order chi connectivity index (χ1) is 40.2. The van der Waals surface area contributed by atoms with Crippen molar-refractivity contribution in [3.8, 4) is 39.4 Å². The molecule has 2 aliphatic rings. The molecule has 4 aromatic carbocycles. The number of aromatic nitrogens is 2. The summed E-state index contributed by atoms with van der Waals surface area (Å²) in [4.78, 5) is 26.2. The average molecular weight is 1220 g/mol. The maximum Gasteiger partial charge on any atom is 0.295 e. The van der Waals surface area contributed by atoms with Gasteiger partial charge in [-0.25, -0.2) is 36.0 Å². The number of amides is 2. The van der Waals surface area contributed by atoms with Gasteiger partial charge in [-0.3, -0.25) is 14.1 Å². The van der Waals surface area contributed by atoms with Gasteiger partial charge >= 0.3 is 0 Å². The number of benzene rings is 5.